The molecule has 0 saturated heterocycles. The normalized spacial score (nSPS) is 24.6. The van der Waals surface area contributed by atoms with Gasteiger partial charge in [0.05, 0.1) is 6.54 Å². The van der Waals surface area contributed by atoms with Crippen molar-refractivity contribution in [2.45, 2.75) is 51.6 Å². The number of rotatable bonds is 6. The predicted octanol–water partition coefficient (Wildman–Crippen LogP) is 1.22. The van der Waals surface area contributed by atoms with Gasteiger partial charge < -0.3 is 10.6 Å². The van der Waals surface area contributed by atoms with Crippen molar-refractivity contribution in [1.82, 2.24) is 15.5 Å². The Balaban J connectivity index is 2.24. The predicted molar refractivity (Wildman–Crippen MR) is 75.6 cm³/mol. The molecule has 2 N–H and O–H groups in total. The van der Waals surface area contributed by atoms with Crippen LogP contribution in [-0.4, -0.2) is 50.1 Å². The maximum Gasteiger partial charge on any atom is 0.234 e. The average Bonchev–Trinajstić information content (AvgIpc) is 2.36. The van der Waals surface area contributed by atoms with Gasteiger partial charge in [0, 0.05) is 18.6 Å². The highest BCUT2D eigenvalue weighted by atomic mass is 16.2. The van der Waals surface area contributed by atoms with E-state index in [0.29, 0.717) is 24.5 Å². The molecule has 1 fully saturated rings. The summed E-state index contributed by atoms with van der Waals surface area (Å²) in [5, 5.41) is 6.32. The van der Waals surface area contributed by atoms with Gasteiger partial charge in [0.25, 0.3) is 0 Å². The van der Waals surface area contributed by atoms with E-state index in [1.54, 1.807) is 0 Å². The molecule has 0 aliphatic heterocycles. The number of amides is 1. The number of carbonyl (C=O) groups is 1. The lowest BCUT2D eigenvalue weighted by Crippen LogP contribution is -2.44. The van der Waals surface area contributed by atoms with Crippen molar-refractivity contribution in [2.24, 2.45) is 5.92 Å². The number of carbonyl (C=O) groups excluding carboxylic acids is 1. The number of nitrogens with one attached hydrogen (secondary N) is 2. The molecule has 0 spiro atoms. The van der Waals surface area contributed by atoms with Crippen LogP contribution in [0.2, 0.25) is 0 Å². The second-order valence-corrected chi connectivity index (χ2v) is 5.91. The Kier molecular flexibility index (Phi) is 6.65. The Morgan fingerprint density at radius 1 is 1.28 bits per heavy atom. The molecular formula is C14H29N3O. The van der Waals surface area contributed by atoms with Crippen molar-refractivity contribution >= 4 is 5.91 Å². The first-order chi connectivity index (χ1) is 8.52. The largest absolute Gasteiger partial charge is 0.355 e. The molecule has 0 radical (unpaired) electrons. The quantitative estimate of drug-likeness (QED) is 0.750. The van der Waals surface area contributed by atoms with Crippen molar-refractivity contribution in [3.8, 4) is 0 Å². The minimum Gasteiger partial charge on any atom is -0.355 e. The summed E-state index contributed by atoms with van der Waals surface area (Å²) in [6.45, 7) is 5.53. The molecule has 1 aliphatic carbocycles. The first-order valence-corrected chi connectivity index (χ1v) is 7.17. The summed E-state index contributed by atoms with van der Waals surface area (Å²) in [5.74, 6) is 0.673. The molecule has 0 bridgehead atoms. The van der Waals surface area contributed by atoms with Gasteiger partial charge in [-0.1, -0.05) is 13.8 Å². The van der Waals surface area contributed by atoms with Crippen LogP contribution in [0.15, 0.2) is 0 Å². The van der Waals surface area contributed by atoms with E-state index >= 15 is 0 Å². The van der Waals surface area contributed by atoms with Crippen LogP contribution in [0.1, 0.15) is 39.5 Å². The topological polar surface area (TPSA) is 44.4 Å². The third-order valence-electron chi connectivity index (χ3n) is 3.83. The van der Waals surface area contributed by atoms with Gasteiger partial charge >= 0.3 is 0 Å². The molecule has 0 heterocycles. The first kappa shape index (κ1) is 15.4. The van der Waals surface area contributed by atoms with Crippen LogP contribution in [0.5, 0.6) is 0 Å². The number of nitrogens with zero attached hydrogens (tertiary/aromatic N) is 1. The van der Waals surface area contributed by atoms with Gasteiger partial charge in [-0.15, -0.1) is 0 Å². The molecule has 4 nitrogen and oxygen atoms in total. The summed E-state index contributed by atoms with van der Waals surface area (Å²) < 4.78 is 0. The fourth-order valence-electron chi connectivity index (χ4n) is 2.53. The lowest BCUT2D eigenvalue weighted by molar-refractivity contribution is -0.122. The zero-order valence-electron chi connectivity index (χ0n) is 12.3. The summed E-state index contributed by atoms with van der Waals surface area (Å²) in [7, 11) is 4.10. The fraction of sp³-hybridized carbons (Fsp3) is 0.929. The molecule has 1 amide bonds. The molecule has 4 heteroatoms. The smallest absolute Gasteiger partial charge is 0.234 e. The molecule has 1 aliphatic rings. The van der Waals surface area contributed by atoms with Gasteiger partial charge in [-0.05, 0) is 45.7 Å². The Hall–Kier alpha value is -0.610. The standard InChI is InChI=1S/C14H29N3O/c1-11(2)9-16-14(18)10-17(4)13-7-5-12(15-3)6-8-13/h11-13,15H,5-10H2,1-4H3,(H,16,18). The summed E-state index contributed by atoms with van der Waals surface area (Å²) in [6.07, 6.45) is 4.83. The third kappa shape index (κ3) is 5.36. The van der Waals surface area contributed by atoms with E-state index in [2.05, 4.69) is 36.4 Å². The van der Waals surface area contributed by atoms with Gasteiger partial charge in [-0.25, -0.2) is 0 Å². The molecule has 0 aromatic rings. The minimum atomic E-state index is 0.155. The van der Waals surface area contributed by atoms with E-state index in [4.69, 9.17) is 0 Å². The highest BCUT2D eigenvalue weighted by Gasteiger charge is 2.23. The van der Waals surface area contributed by atoms with E-state index in [-0.39, 0.29) is 5.91 Å². The zero-order chi connectivity index (χ0) is 13.5. The van der Waals surface area contributed by atoms with Gasteiger partial charge in [0.2, 0.25) is 5.91 Å². The molecule has 0 atom stereocenters. The molecule has 1 rings (SSSR count). The average molecular weight is 255 g/mol. The monoisotopic (exact) mass is 255 g/mol. The van der Waals surface area contributed by atoms with E-state index in [1.807, 2.05) is 7.05 Å². The van der Waals surface area contributed by atoms with Crippen LogP contribution >= 0.6 is 0 Å². The van der Waals surface area contributed by atoms with Crippen molar-refractivity contribution < 1.29 is 4.79 Å². The molecule has 0 unspecified atom stereocenters. The zero-order valence-corrected chi connectivity index (χ0v) is 12.3. The number of hydrogen-bond donors (Lipinski definition) is 2. The van der Waals surface area contributed by atoms with Gasteiger partial charge in [-0.3, -0.25) is 9.69 Å². The van der Waals surface area contributed by atoms with Crippen LogP contribution in [0, 0.1) is 5.92 Å². The number of hydrogen-bond acceptors (Lipinski definition) is 3. The Morgan fingerprint density at radius 2 is 1.89 bits per heavy atom. The van der Waals surface area contributed by atoms with Crippen molar-refractivity contribution in [3.63, 3.8) is 0 Å². The van der Waals surface area contributed by atoms with Crippen LogP contribution in [0.4, 0.5) is 0 Å². The summed E-state index contributed by atoms with van der Waals surface area (Å²) in [4.78, 5) is 14.0. The van der Waals surface area contributed by atoms with E-state index in [9.17, 15) is 4.79 Å². The Morgan fingerprint density at radius 3 is 2.39 bits per heavy atom. The molecule has 1 saturated carbocycles. The minimum absolute atomic E-state index is 0.155. The molecule has 106 valence electrons. The van der Waals surface area contributed by atoms with Crippen molar-refractivity contribution in [1.29, 1.82) is 0 Å². The lowest BCUT2D eigenvalue weighted by Gasteiger charge is -2.34. The summed E-state index contributed by atoms with van der Waals surface area (Å²) in [6, 6.07) is 1.24. The maximum absolute atomic E-state index is 11.8. The third-order valence-corrected chi connectivity index (χ3v) is 3.83. The van der Waals surface area contributed by atoms with Gasteiger partial charge in [0.15, 0.2) is 0 Å². The maximum atomic E-state index is 11.8. The molecule has 0 aromatic heterocycles. The highest BCUT2D eigenvalue weighted by molar-refractivity contribution is 5.77. The highest BCUT2D eigenvalue weighted by Crippen LogP contribution is 2.21. The molecule has 0 aromatic carbocycles. The summed E-state index contributed by atoms with van der Waals surface area (Å²) in [5.41, 5.74) is 0. The van der Waals surface area contributed by atoms with Crippen LogP contribution in [0.3, 0.4) is 0 Å². The van der Waals surface area contributed by atoms with E-state index in [0.717, 1.165) is 6.54 Å². The Labute approximate surface area is 111 Å². The van der Waals surface area contributed by atoms with Gasteiger partial charge in [-0.2, -0.15) is 0 Å². The van der Waals surface area contributed by atoms with E-state index < -0.39 is 0 Å². The van der Waals surface area contributed by atoms with E-state index in [1.165, 1.54) is 25.7 Å². The van der Waals surface area contributed by atoms with Crippen LogP contribution in [-0.2, 0) is 4.79 Å². The SMILES string of the molecule is CNC1CCC(N(C)CC(=O)NCC(C)C)CC1. The molecular weight excluding hydrogens is 226 g/mol. The lowest BCUT2D eigenvalue weighted by atomic mass is 9.90. The summed E-state index contributed by atoms with van der Waals surface area (Å²) >= 11 is 0. The number of likely N-dealkylation sites (N-methyl/N-ethyl adjacent to an activating group) is 1. The van der Waals surface area contributed by atoms with Crippen LogP contribution < -0.4 is 10.6 Å². The first-order valence-electron chi connectivity index (χ1n) is 7.17. The van der Waals surface area contributed by atoms with Crippen LogP contribution in [0.25, 0.3) is 0 Å². The van der Waals surface area contributed by atoms with Crippen molar-refractivity contribution in [3.05, 3.63) is 0 Å². The fourth-order valence-corrected chi connectivity index (χ4v) is 2.53. The second-order valence-electron chi connectivity index (χ2n) is 5.91. The van der Waals surface area contributed by atoms with Crippen molar-refractivity contribution in [2.75, 3.05) is 27.2 Å². The second kappa shape index (κ2) is 7.74. The van der Waals surface area contributed by atoms with Gasteiger partial charge in [0.1, 0.15) is 0 Å². The molecule has 18 heavy (non-hydrogen) atoms. The Bertz CT molecular complexity index is 247.